The Hall–Kier alpha value is -2.29. The monoisotopic (exact) mass is 534 g/mol. The molecule has 0 aromatic heterocycles. The molecule has 0 aliphatic heterocycles. The molecule has 6 rings (SSSR count). The predicted molar refractivity (Wildman–Crippen MR) is 130 cm³/mol. The Balaban J connectivity index is 1.36. The molecule has 5 fully saturated rings. The Morgan fingerprint density at radius 3 is 2.47 bits per heavy atom. The zero-order valence-electron chi connectivity index (χ0n) is 22.0. The first-order valence-corrected chi connectivity index (χ1v) is 13.9. The lowest BCUT2D eigenvalue weighted by Gasteiger charge is -2.62. The number of alkyl halides is 2. The van der Waals surface area contributed by atoms with E-state index in [1.165, 1.54) is 19.1 Å². The van der Waals surface area contributed by atoms with Crippen molar-refractivity contribution < 1.29 is 42.9 Å². The zero-order valence-corrected chi connectivity index (χ0v) is 22.0. The Bertz CT molecular complexity index is 1150. The molecule has 38 heavy (non-hydrogen) atoms. The number of hydrogen-bond donors (Lipinski definition) is 2. The number of aliphatic hydroxyl groups excluding tert-OH is 1. The number of carbonyl (C=O) groups excluding carboxylic acids is 2. The van der Waals surface area contributed by atoms with Gasteiger partial charge in [0.1, 0.15) is 12.3 Å². The van der Waals surface area contributed by atoms with Gasteiger partial charge in [-0.25, -0.2) is 18.4 Å². The molecule has 5 saturated carbocycles. The van der Waals surface area contributed by atoms with E-state index in [0.717, 1.165) is 31.8 Å². The molecule has 2 N–H and O–H groups in total. The average molecular weight is 535 g/mol. The minimum atomic E-state index is -2.33. The van der Waals surface area contributed by atoms with E-state index in [0.29, 0.717) is 5.92 Å². The van der Waals surface area contributed by atoms with Crippen molar-refractivity contribution >= 4 is 17.9 Å². The molecule has 6 aliphatic carbocycles. The van der Waals surface area contributed by atoms with Gasteiger partial charge in [-0.2, -0.15) is 0 Å². The maximum atomic E-state index is 17.3. The van der Waals surface area contributed by atoms with Crippen LogP contribution in [0.3, 0.4) is 0 Å². The number of aliphatic hydroxyl groups is 1. The largest absolute Gasteiger partial charge is 0.509 e. The number of fused-ring (bicyclic) bond motifs is 7. The molecule has 0 amide bonds. The minimum absolute atomic E-state index is 0.00707. The summed E-state index contributed by atoms with van der Waals surface area (Å²) in [6.07, 6.45) is 2.39. The van der Waals surface area contributed by atoms with Gasteiger partial charge in [0.05, 0.1) is 6.10 Å². The van der Waals surface area contributed by atoms with Crippen molar-refractivity contribution in [1.82, 2.24) is 0 Å². The normalized spacial score (nSPS) is 52.6. The van der Waals surface area contributed by atoms with Crippen molar-refractivity contribution in [2.75, 3.05) is 0 Å². The quantitative estimate of drug-likeness (QED) is 0.505. The van der Waals surface area contributed by atoms with Gasteiger partial charge in [0.2, 0.25) is 5.60 Å². The van der Waals surface area contributed by atoms with Crippen molar-refractivity contribution in [3.05, 3.63) is 23.8 Å². The van der Waals surface area contributed by atoms with E-state index >= 15 is 8.78 Å². The molecule has 2 bridgehead atoms. The maximum Gasteiger partial charge on any atom is 0.509 e. The number of carboxylic acids is 1. The topological polar surface area (TPSA) is 110 Å². The summed E-state index contributed by atoms with van der Waals surface area (Å²) in [6, 6.07) is 0. The van der Waals surface area contributed by atoms with E-state index in [1.807, 2.05) is 0 Å². The van der Waals surface area contributed by atoms with Crippen LogP contribution >= 0.6 is 0 Å². The summed E-state index contributed by atoms with van der Waals surface area (Å²) < 4.78 is 44.4. The van der Waals surface area contributed by atoms with Gasteiger partial charge < -0.3 is 19.7 Å². The van der Waals surface area contributed by atoms with Gasteiger partial charge >= 0.3 is 12.1 Å². The third-order valence-electron chi connectivity index (χ3n) is 11.7. The van der Waals surface area contributed by atoms with Gasteiger partial charge in [0.15, 0.2) is 11.5 Å². The molecule has 0 unspecified atom stereocenters. The van der Waals surface area contributed by atoms with Crippen molar-refractivity contribution in [1.29, 1.82) is 0 Å². The summed E-state index contributed by atoms with van der Waals surface area (Å²) in [5, 5.41) is 22.0. The molecule has 0 aromatic carbocycles. The fourth-order valence-electron chi connectivity index (χ4n) is 9.85. The molecule has 0 saturated heterocycles. The molecule has 208 valence electrons. The van der Waals surface area contributed by atoms with Gasteiger partial charge in [-0.3, -0.25) is 4.79 Å². The standard InChI is InChI=1S/C29H36F2O7/c1-14-8-18-19-12-21(30)20-11-17(32)6-7-26(20,2)28(19,31)23(33)13-27(18,3)29(14,24(34)35)38-25(36)37-22-10-15-4-5-16(22)9-15/h6-7,11,14-16,18-19,21-23,33H,4-5,8-10,12-13H2,1-3H3,(H,34,35)/t14-,15+,16-,18+,19+,21+,22+,23+,26+,27+,28+,29+/m1/s1. The molecule has 9 heteroatoms. The average Bonchev–Trinajstić information content (AvgIpc) is 3.51. The summed E-state index contributed by atoms with van der Waals surface area (Å²) in [5.41, 5.74) is -7.34. The summed E-state index contributed by atoms with van der Waals surface area (Å²) in [5.74, 6) is -3.53. The first-order valence-electron chi connectivity index (χ1n) is 13.9. The molecule has 0 heterocycles. The number of aliphatic carboxylic acids is 1. The molecule has 0 spiro atoms. The molecule has 0 aromatic rings. The first kappa shape index (κ1) is 26.0. The lowest BCUT2D eigenvalue weighted by molar-refractivity contribution is -0.232. The number of hydrogen-bond acceptors (Lipinski definition) is 6. The number of allylic oxidation sites excluding steroid dienone is 4. The number of ketones is 1. The Kier molecular flexibility index (Phi) is 5.54. The van der Waals surface area contributed by atoms with Crippen LogP contribution in [-0.2, 0) is 19.1 Å². The molecule has 0 radical (unpaired) electrons. The molecule has 6 aliphatic rings. The van der Waals surface area contributed by atoms with Crippen LogP contribution in [0.15, 0.2) is 23.8 Å². The number of ether oxygens (including phenoxy) is 2. The van der Waals surface area contributed by atoms with E-state index in [2.05, 4.69) is 0 Å². The van der Waals surface area contributed by atoms with Crippen LogP contribution in [0, 0.1) is 40.4 Å². The number of carbonyl (C=O) groups is 3. The van der Waals surface area contributed by atoms with Crippen molar-refractivity contribution in [3.8, 4) is 0 Å². The van der Waals surface area contributed by atoms with Gasteiger partial charge in [0, 0.05) is 22.7 Å². The molecular weight excluding hydrogens is 498 g/mol. The first-order chi connectivity index (χ1) is 17.8. The van der Waals surface area contributed by atoms with Gasteiger partial charge in [-0.1, -0.05) is 19.9 Å². The van der Waals surface area contributed by atoms with Crippen LogP contribution < -0.4 is 0 Å². The highest BCUT2D eigenvalue weighted by Crippen LogP contribution is 2.71. The van der Waals surface area contributed by atoms with Crippen molar-refractivity contribution in [2.24, 2.45) is 40.4 Å². The van der Waals surface area contributed by atoms with Crippen LogP contribution in [0.4, 0.5) is 13.6 Å². The highest BCUT2D eigenvalue weighted by Gasteiger charge is 2.78. The maximum absolute atomic E-state index is 17.3. The third-order valence-corrected chi connectivity index (χ3v) is 11.7. The lowest BCUT2D eigenvalue weighted by atomic mass is 9.44. The van der Waals surface area contributed by atoms with Crippen LogP contribution in [-0.4, -0.2) is 57.8 Å². The Morgan fingerprint density at radius 2 is 1.84 bits per heavy atom. The van der Waals surface area contributed by atoms with E-state index in [4.69, 9.17) is 9.47 Å². The van der Waals surface area contributed by atoms with Crippen LogP contribution in [0.1, 0.15) is 65.7 Å². The lowest BCUT2D eigenvalue weighted by Crippen LogP contribution is -2.71. The van der Waals surface area contributed by atoms with E-state index in [1.54, 1.807) is 13.8 Å². The predicted octanol–water partition coefficient (Wildman–Crippen LogP) is 4.72. The minimum Gasteiger partial charge on any atom is -0.478 e. The van der Waals surface area contributed by atoms with Crippen molar-refractivity contribution in [2.45, 2.75) is 95.4 Å². The second-order valence-electron chi connectivity index (χ2n) is 13.2. The smallest absolute Gasteiger partial charge is 0.478 e. The SMILES string of the molecule is C[C@@H]1C[C@H]2[C@@H]3C[C@H](F)C4=CC(=O)C=C[C@]4(C)[C@@]3(F)[C@@H](O)C[C@]2(C)[C@@]1(OC(=O)O[C@H]1C[C@H]2CC[C@@H]1C2)C(=O)O. The molecule has 12 atom stereocenters. The number of halogens is 2. The Labute approximate surface area is 220 Å². The summed E-state index contributed by atoms with van der Waals surface area (Å²) in [4.78, 5) is 38.1. The second kappa shape index (κ2) is 8.12. The van der Waals surface area contributed by atoms with Gasteiger partial charge in [-0.15, -0.1) is 0 Å². The van der Waals surface area contributed by atoms with Crippen LogP contribution in [0.25, 0.3) is 0 Å². The second-order valence-corrected chi connectivity index (χ2v) is 13.2. The van der Waals surface area contributed by atoms with E-state index in [9.17, 15) is 24.6 Å². The fourth-order valence-corrected chi connectivity index (χ4v) is 9.85. The molecule has 7 nitrogen and oxygen atoms in total. The van der Waals surface area contributed by atoms with E-state index in [-0.39, 0.29) is 36.9 Å². The third kappa shape index (κ3) is 3.05. The van der Waals surface area contributed by atoms with Crippen LogP contribution in [0.5, 0.6) is 0 Å². The number of rotatable bonds is 3. The van der Waals surface area contributed by atoms with Crippen molar-refractivity contribution in [3.63, 3.8) is 0 Å². The summed E-state index contributed by atoms with van der Waals surface area (Å²) in [6.45, 7) is 4.76. The number of carboxylic acid groups (broad SMARTS) is 1. The highest BCUT2D eigenvalue weighted by molar-refractivity contribution is 6.01. The fraction of sp³-hybridized carbons (Fsp3) is 0.759. The summed E-state index contributed by atoms with van der Waals surface area (Å²) in [7, 11) is 0. The van der Waals surface area contributed by atoms with Gasteiger partial charge in [0.25, 0.3) is 0 Å². The van der Waals surface area contributed by atoms with E-state index < -0.39 is 70.0 Å². The highest BCUT2D eigenvalue weighted by atomic mass is 19.1. The molecular formula is C29H36F2O7. The Morgan fingerprint density at radius 1 is 1.11 bits per heavy atom. The van der Waals surface area contributed by atoms with Crippen LogP contribution in [0.2, 0.25) is 0 Å². The zero-order chi connectivity index (χ0) is 27.4. The van der Waals surface area contributed by atoms with Gasteiger partial charge in [-0.05, 0) is 87.3 Å². The summed E-state index contributed by atoms with van der Waals surface area (Å²) >= 11 is 0.